The molecule has 4 aromatic rings. The van der Waals surface area contributed by atoms with E-state index in [-0.39, 0.29) is 23.2 Å². The molecule has 0 aliphatic rings. The number of rotatable bonds is 8. The molecule has 7 nitrogen and oxygen atoms in total. The third kappa shape index (κ3) is 4.89. The topological polar surface area (TPSA) is 96.0 Å². The van der Waals surface area contributed by atoms with Crippen molar-refractivity contribution in [3.63, 3.8) is 0 Å². The van der Waals surface area contributed by atoms with Crippen molar-refractivity contribution in [3.8, 4) is 0 Å². The Morgan fingerprint density at radius 3 is 1.92 bits per heavy atom. The second-order valence-electron chi connectivity index (χ2n) is 12.3. The van der Waals surface area contributed by atoms with E-state index in [4.69, 9.17) is 24.9 Å². The minimum atomic E-state index is -0.221. The number of aromatic amines is 2. The summed E-state index contributed by atoms with van der Waals surface area (Å²) in [6, 6.07) is 2.22. The van der Waals surface area contributed by atoms with Gasteiger partial charge in [0.1, 0.15) is 28.6 Å². The molecule has 0 aliphatic heterocycles. The minimum absolute atomic E-state index is 0.155. The zero-order valence-electron chi connectivity index (χ0n) is 23.9. The summed E-state index contributed by atoms with van der Waals surface area (Å²) < 4.78 is 0. The normalized spacial score (nSPS) is 13.9. The van der Waals surface area contributed by atoms with Crippen LogP contribution in [0.4, 0.5) is 0 Å². The Bertz CT molecular complexity index is 1370. The van der Waals surface area contributed by atoms with Crippen LogP contribution in [0.3, 0.4) is 0 Å². The van der Waals surface area contributed by atoms with E-state index in [1.165, 1.54) is 5.69 Å². The molecule has 2 N–H and O–H groups in total. The van der Waals surface area contributed by atoms with Crippen LogP contribution in [0, 0.1) is 0 Å². The highest BCUT2D eigenvalue weighted by Gasteiger charge is 2.30. The molecule has 0 saturated heterocycles. The van der Waals surface area contributed by atoms with Gasteiger partial charge in [-0.1, -0.05) is 76.2 Å². The standard InChI is InChI=1S/C29H43N7/c1-14(2)20-12-19-21(15(3)4)31-25(35-26(19)30-20)18(9)13-29(10,11)28-33-23-22(16(5)6)32-24(17(7)8)34-27(23)36-28/h12,14-18H,13H2,1-11H3,(H,30,31,35)(H,32,33,34,36). The summed E-state index contributed by atoms with van der Waals surface area (Å²) in [7, 11) is 0. The van der Waals surface area contributed by atoms with Crippen LogP contribution in [0.25, 0.3) is 22.2 Å². The van der Waals surface area contributed by atoms with E-state index in [2.05, 4.69) is 92.2 Å². The van der Waals surface area contributed by atoms with Crippen LogP contribution < -0.4 is 0 Å². The van der Waals surface area contributed by atoms with Crippen molar-refractivity contribution in [1.82, 2.24) is 34.9 Å². The molecule has 7 heteroatoms. The Morgan fingerprint density at radius 1 is 0.694 bits per heavy atom. The summed E-state index contributed by atoms with van der Waals surface area (Å²) in [5, 5.41) is 1.14. The Hall–Kier alpha value is -2.83. The summed E-state index contributed by atoms with van der Waals surface area (Å²) in [4.78, 5) is 31.9. The van der Waals surface area contributed by atoms with Crippen molar-refractivity contribution in [3.05, 3.63) is 40.6 Å². The van der Waals surface area contributed by atoms with E-state index in [1.807, 2.05) is 0 Å². The summed E-state index contributed by atoms with van der Waals surface area (Å²) in [6.07, 6.45) is 0.856. The molecule has 0 fully saturated rings. The highest BCUT2D eigenvalue weighted by Crippen LogP contribution is 2.36. The molecule has 4 heterocycles. The van der Waals surface area contributed by atoms with Gasteiger partial charge in [0.2, 0.25) is 0 Å². The predicted molar refractivity (Wildman–Crippen MR) is 148 cm³/mol. The van der Waals surface area contributed by atoms with Gasteiger partial charge in [0.05, 0.1) is 11.4 Å². The summed E-state index contributed by atoms with van der Waals surface area (Å²) >= 11 is 0. The number of hydrogen-bond donors (Lipinski definition) is 2. The Labute approximate surface area is 215 Å². The molecule has 4 rings (SSSR count). The average molecular weight is 490 g/mol. The van der Waals surface area contributed by atoms with E-state index in [9.17, 15) is 0 Å². The first kappa shape index (κ1) is 26.2. The number of aromatic nitrogens is 7. The molecule has 0 aromatic carbocycles. The summed E-state index contributed by atoms with van der Waals surface area (Å²) in [5.74, 6) is 4.12. The molecule has 1 atom stereocenters. The van der Waals surface area contributed by atoms with Crippen LogP contribution in [0.1, 0.15) is 147 Å². The molecule has 194 valence electrons. The van der Waals surface area contributed by atoms with E-state index < -0.39 is 0 Å². The quantitative estimate of drug-likeness (QED) is 0.266. The van der Waals surface area contributed by atoms with Crippen molar-refractivity contribution in [2.45, 2.75) is 118 Å². The van der Waals surface area contributed by atoms with Gasteiger partial charge in [-0.25, -0.2) is 24.9 Å². The third-order valence-corrected chi connectivity index (χ3v) is 7.08. The number of H-pyrrole nitrogens is 2. The van der Waals surface area contributed by atoms with Crippen LogP contribution in [-0.2, 0) is 5.41 Å². The van der Waals surface area contributed by atoms with Gasteiger partial charge in [0.25, 0.3) is 0 Å². The molecule has 0 amide bonds. The Morgan fingerprint density at radius 2 is 1.33 bits per heavy atom. The van der Waals surface area contributed by atoms with Crippen LogP contribution >= 0.6 is 0 Å². The third-order valence-electron chi connectivity index (χ3n) is 7.08. The van der Waals surface area contributed by atoms with Gasteiger partial charge in [0, 0.05) is 28.3 Å². The minimum Gasteiger partial charge on any atom is -0.343 e. The summed E-state index contributed by atoms with van der Waals surface area (Å²) in [6.45, 7) is 24.1. The maximum Gasteiger partial charge on any atom is 0.181 e. The van der Waals surface area contributed by atoms with Crippen LogP contribution in [-0.4, -0.2) is 34.9 Å². The smallest absolute Gasteiger partial charge is 0.181 e. The van der Waals surface area contributed by atoms with Gasteiger partial charge in [-0.2, -0.15) is 0 Å². The second-order valence-corrected chi connectivity index (χ2v) is 12.3. The predicted octanol–water partition coefficient (Wildman–Crippen LogP) is 7.59. The van der Waals surface area contributed by atoms with E-state index in [0.29, 0.717) is 11.8 Å². The number of nitrogens with one attached hydrogen (secondary N) is 2. The molecule has 0 bridgehead atoms. The highest BCUT2D eigenvalue weighted by atomic mass is 15.1. The monoisotopic (exact) mass is 489 g/mol. The zero-order valence-corrected chi connectivity index (χ0v) is 23.9. The largest absolute Gasteiger partial charge is 0.343 e. The zero-order chi connectivity index (χ0) is 26.5. The number of imidazole rings is 1. The lowest BCUT2D eigenvalue weighted by Gasteiger charge is -2.25. The van der Waals surface area contributed by atoms with Crippen LogP contribution in [0.5, 0.6) is 0 Å². The van der Waals surface area contributed by atoms with E-state index >= 15 is 0 Å². The first-order valence-corrected chi connectivity index (χ1v) is 13.5. The molecule has 0 radical (unpaired) electrons. The maximum atomic E-state index is 5.08. The lowest BCUT2D eigenvalue weighted by molar-refractivity contribution is 0.410. The number of hydrogen-bond acceptors (Lipinski definition) is 5. The maximum absolute atomic E-state index is 5.08. The fourth-order valence-corrected chi connectivity index (χ4v) is 4.93. The molecule has 0 spiro atoms. The second kappa shape index (κ2) is 9.56. The lowest BCUT2D eigenvalue weighted by atomic mass is 9.82. The van der Waals surface area contributed by atoms with Gasteiger partial charge in [-0.3, -0.25) is 0 Å². The van der Waals surface area contributed by atoms with Crippen molar-refractivity contribution < 1.29 is 0 Å². The molecule has 4 aromatic heterocycles. The Balaban J connectivity index is 1.71. The fraction of sp³-hybridized carbons (Fsp3) is 0.621. The SMILES string of the molecule is CC(C)c1nc(C(C)C)c2[nH]c(C(C)(C)CC(C)c3nc(C(C)C)c4cc(C(C)C)[nH]c4n3)nc2n1. The van der Waals surface area contributed by atoms with Crippen molar-refractivity contribution >= 4 is 22.2 Å². The van der Waals surface area contributed by atoms with Gasteiger partial charge < -0.3 is 9.97 Å². The first-order valence-electron chi connectivity index (χ1n) is 13.5. The first-order chi connectivity index (χ1) is 16.8. The van der Waals surface area contributed by atoms with Gasteiger partial charge in [0.15, 0.2) is 5.65 Å². The van der Waals surface area contributed by atoms with Crippen LogP contribution in [0.2, 0.25) is 0 Å². The molecular weight excluding hydrogens is 446 g/mol. The lowest BCUT2D eigenvalue weighted by Crippen LogP contribution is -2.23. The van der Waals surface area contributed by atoms with Crippen molar-refractivity contribution in [1.29, 1.82) is 0 Å². The number of fused-ring (bicyclic) bond motifs is 2. The fourth-order valence-electron chi connectivity index (χ4n) is 4.93. The van der Waals surface area contributed by atoms with Gasteiger partial charge in [-0.15, -0.1) is 0 Å². The van der Waals surface area contributed by atoms with Gasteiger partial charge in [-0.05, 0) is 30.2 Å². The van der Waals surface area contributed by atoms with E-state index in [0.717, 1.165) is 57.5 Å². The highest BCUT2D eigenvalue weighted by molar-refractivity contribution is 5.80. The molecule has 0 saturated carbocycles. The molecule has 1 unspecified atom stereocenters. The molecular formula is C29H43N7. The van der Waals surface area contributed by atoms with Crippen LogP contribution in [0.15, 0.2) is 6.07 Å². The molecule has 0 aliphatic carbocycles. The van der Waals surface area contributed by atoms with Crippen molar-refractivity contribution in [2.24, 2.45) is 0 Å². The Kier molecular flexibility index (Phi) is 6.97. The number of nitrogens with zero attached hydrogens (tertiary/aromatic N) is 5. The molecule has 36 heavy (non-hydrogen) atoms. The summed E-state index contributed by atoms with van der Waals surface area (Å²) in [5.41, 5.74) is 5.80. The van der Waals surface area contributed by atoms with Gasteiger partial charge >= 0.3 is 0 Å². The van der Waals surface area contributed by atoms with E-state index in [1.54, 1.807) is 0 Å². The average Bonchev–Trinajstić information content (AvgIpc) is 3.41. The van der Waals surface area contributed by atoms with Crippen molar-refractivity contribution in [2.75, 3.05) is 0 Å².